The largest absolute Gasteiger partial charge is 0.380 e. The quantitative estimate of drug-likeness (QED) is 0.365. The molecular weight excluding hydrogens is 342 g/mol. The van der Waals surface area contributed by atoms with Crippen molar-refractivity contribution in [1.82, 2.24) is 9.97 Å². The summed E-state index contributed by atoms with van der Waals surface area (Å²) in [5.74, 6) is 0.799. The summed E-state index contributed by atoms with van der Waals surface area (Å²) in [6, 6.07) is 18.1. The smallest absolute Gasteiger partial charge is 0.189 e. The highest BCUT2D eigenvalue weighted by Gasteiger charge is 2.13. The van der Waals surface area contributed by atoms with Gasteiger partial charge in [0.2, 0.25) is 0 Å². The zero-order valence-electron chi connectivity index (χ0n) is 14.8. The van der Waals surface area contributed by atoms with Gasteiger partial charge in [-0.25, -0.2) is 9.97 Å². The van der Waals surface area contributed by atoms with E-state index in [1.165, 1.54) is 23.5 Å². The Bertz CT molecular complexity index is 882. The first kappa shape index (κ1) is 17.9. The van der Waals surface area contributed by atoms with Crippen LogP contribution in [0.4, 0.5) is 17.2 Å². The van der Waals surface area contributed by atoms with Gasteiger partial charge in [0.05, 0.1) is 5.69 Å². The van der Waals surface area contributed by atoms with Crippen LogP contribution in [0.15, 0.2) is 66.0 Å². The van der Waals surface area contributed by atoms with Crippen LogP contribution >= 0.6 is 11.8 Å². The van der Waals surface area contributed by atoms with Crippen molar-refractivity contribution in [2.45, 2.75) is 11.7 Å². The minimum absolute atomic E-state index is 0.707. The first-order chi connectivity index (χ1) is 12.7. The van der Waals surface area contributed by atoms with Crippen LogP contribution in [-0.4, -0.2) is 29.5 Å². The van der Waals surface area contributed by atoms with E-state index in [9.17, 15) is 0 Å². The molecule has 3 aromatic rings. The third kappa shape index (κ3) is 4.03. The monoisotopic (exact) mass is 363 g/mol. The second-order valence-electron chi connectivity index (χ2n) is 5.68. The molecule has 2 N–H and O–H groups in total. The van der Waals surface area contributed by atoms with Gasteiger partial charge < -0.3 is 15.6 Å². The van der Waals surface area contributed by atoms with Crippen LogP contribution in [-0.2, 0) is 6.54 Å². The van der Waals surface area contributed by atoms with E-state index in [2.05, 4.69) is 27.4 Å². The van der Waals surface area contributed by atoms with Gasteiger partial charge in [-0.05, 0) is 30.0 Å². The molecule has 132 valence electrons. The number of anilines is 3. The van der Waals surface area contributed by atoms with E-state index in [4.69, 9.17) is 5.41 Å². The molecule has 0 spiro atoms. The molecule has 0 unspecified atom stereocenters. The minimum Gasteiger partial charge on any atom is -0.380 e. The number of aromatic nitrogens is 2. The number of nitrogens with zero attached hydrogens (tertiary/aromatic N) is 3. The number of hydrogen-bond donors (Lipinski definition) is 2. The molecule has 0 bridgehead atoms. The van der Waals surface area contributed by atoms with Crippen LogP contribution in [0.3, 0.4) is 0 Å². The summed E-state index contributed by atoms with van der Waals surface area (Å²) in [6.07, 6.45) is 5.10. The van der Waals surface area contributed by atoms with E-state index in [0.717, 1.165) is 27.9 Å². The molecule has 0 aliphatic rings. The van der Waals surface area contributed by atoms with Crippen LogP contribution in [0.1, 0.15) is 11.1 Å². The van der Waals surface area contributed by atoms with Crippen molar-refractivity contribution in [1.29, 1.82) is 5.41 Å². The summed E-state index contributed by atoms with van der Waals surface area (Å²) in [5.41, 5.74) is 3.87. The molecule has 6 heteroatoms. The second kappa shape index (κ2) is 8.49. The standard InChI is InChI=1S/C20H21N5S/c1-25(19-11-12-22-20(24-19)26-2)18-10-6-9-17(16(18)13-21)23-14-15-7-4-3-5-8-15/h3-13,21,23H,14H2,1-2H3. The molecular formula is C20H21N5S. The van der Waals surface area contributed by atoms with E-state index >= 15 is 0 Å². The van der Waals surface area contributed by atoms with Crippen molar-refractivity contribution >= 4 is 35.2 Å². The van der Waals surface area contributed by atoms with Gasteiger partial charge in [0.25, 0.3) is 0 Å². The van der Waals surface area contributed by atoms with Gasteiger partial charge in [-0.2, -0.15) is 0 Å². The zero-order valence-corrected chi connectivity index (χ0v) is 15.6. The third-order valence-electron chi connectivity index (χ3n) is 4.06. The highest BCUT2D eigenvalue weighted by atomic mass is 32.2. The summed E-state index contributed by atoms with van der Waals surface area (Å²) >= 11 is 1.51. The summed E-state index contributed by atoms with van der Waals surface area (Å²) in [5, 5.41) is 12.1. The topological polar surface area (TPSA) is 64.9 Å². The van der Waals surface area contributed by atoms with Gasteiger partial charge in [-0.1, -0.05) is 48.2 Å². The molecule has 1 heterocycles. The Balaban J connectivity index is 1.88. The molecule has 0 saturated carbocycles. The van der Waals surface area contributed by atoms with Gasteiger partial charge >= 0.3 is 0 Å². The number of thioether (sulfide) groups is 1. The molecule has 26 heavy (non-hydrogen) atoms. The van der Waals surface area contributed by atoms with Gasteiger partial charge in [0, 0.05) is 37.3 Å². The maximum Gasteiger partial charge on any atom is 0.189 e. The predicted molar refractivity (Wildman–Crippen MR) is 110 cm³/mol. The van der Waals surface area contributed by atoms with Crippen molar-refractivity contribution < 1.29 is 0 Å². The molecule has 0 amide bonds. The number of rotatable bonds is 7. The lowest BCUT2D eigenvalue weighted by Crippen LogP contribution is -2.15. The first-order valence-electron chi connectivity index (χ1n) is 8.25. The molecule has 1 aromatic heterocycles. The van der Waals surface area contributed by atoms with Crippen molar-refractivity contribution in [2.75, 3.05) is 23.5 Å². The van der Waals surface area contributed by atoms with Crippen molar-refractivity contribution in [3.8, 4) is 0 Å². The average Bonchev–Trinajstić information content (AvgIpc) is 2.72. The van der Waals surface area contributed by atoms with Crippen molar-refractivity contribution in [2.24, 2.45) is 0 Å². The maximum absolute atomic E-state index is 7.91. The average molecular weight is 363 g/mol. The molecule has 5 nitrogen and oxygen atoms in total. The van der Waals surface area contributed by atoms with E-state index in [1.807, 2.05) is 60.7 Å². The second-order valence-corrected chi connectivity index (χ2v) is 6.46. The minimum atomic E-state index is 0.707. The summed E-state index contributed by atoms with van der Waals surface area (Å²) in [6.45, 7) is 0.707. The highest BCUT2D eigenvalue weighted by molar-refractivity contribution is 7.98. The lowest BCUT2D eigenvalue weighted by molar-refractivity contribution is 0.945. The van der Waals surface area contributed by atoms with Crippen LogP contribution in [0.25, 0.3) is 0 Å². The third-order valence-corrected chi connectivity index (χ3v) is 4.62. The van der Waals surface area contributed by atoms with Crippen LogP contribution in [0.2, 0.25) is 0 Å². The van der Waals surface area contributed by atoms with E-state index in [1.54, 1.807) is 6.20 Å². The Morgan fingerprint density at radius 3 is 2.65 bits per heavy atom. The Hall–Kier alpha value is -2.86. The molecule has 2 aromatic carbocycles. The summed E-state index contributed by atoms with van der Waals surface area (Å²) in [4.78, 5) is 10.8. The van der Waals surface area contributed by atoms with E-state index in [-0.39, 0.29) is 0 Å². The van der Waals surface area contributed by atoms with E-state index in [0.29, 0.717) is 6.54 Å². The van der Waals surface area contributed by atoms with E-state index < -0.39 is 0 Å². The Morgan fingerprint density at radius 2 is 1.92 bits per heavy atom. The van der Waals surface area contributed by atoms with Crippen molar-refractivity contribution in [3.63, 3.8) is 0 Å². The van der Waals surface area contributed by atoms with Crippen LogP contribution < -0.4 is 10.2 Å². The molecule has 0 atom stereocenters. The SMILES string of the molecule is CSc1nccc(N(C)c2cccc(NCc3ccccc3)c2C=N)n1. The number of benzene rings is 2. The molecule has 0 aliphatic carbocycles. The van der Waals surface area contributed by atoms with Gasteiger partial charge in [0.1, 0.15) is 5.82 Å². The Labute approximate surface area is 158 Å². The molecule has 0 fully saturated rings. The zero-order chi connectivity index (χ0) is 18.4. The van der Waals surface area contributed by atoms with Gasteiger partial charge in [0.15, 0.2) is 5.16 Å². The Morgan fingerprint density at radius 1 is 1.12 bits per heavy atom. The highest BCUT2D eigenvalue weighted by Crippen LogP contribution is 2.30. The lowest BCUT2D eigenvalue weighted by Gasteiger charge is -2.22. The van der Waals surface area contributed by atoms with Crippen LogP contribution in [0, 0.1) is 5.41 Å². The van der Waals surface area contributed by atoms with Crippen molar-refractivity contribution in [3.05, 3.63) is 71.9 Å². The van der Waals surface area contributed by atoms with Crippen LogP contribution in [0.5, 0.6) is 0 Å². The first-order valence-corrected chi connectivity index (χ1v) is 9.47. The van der Waals surface area contributed by atoms with Gasteiger partial charge in [-0.3, -0.25) is 0 Å². The fourth-order valence-corrected chi connectivity index (χ4v) is 3.04. The summed E-state index contributed by atoms with van der Waals surface area (Å²) < 4.78 is 0. The number of hydrogen-bond acceptors (Lipinski definition) is 6. The molecule has 0 saturated heterocycles. The molecule has 0 aliphatic heterocycles. The summed E-state index contributed by atoms with van der Waals surface area (Å²) in [7, 11) is 1.95. The normalized spacial score (nSPS) is 10.4. The Kier molecular flexibility index (Phi) is 5.86. The maximum atomic E-state index is 7.91. The lowest BCUT2D eigenvalue weighted by atomic mass is 10.1. The predicted octanol–water partition coefficient (Wildman–Crippen LogP) is 4.58. The fourth-order valence-electron chi connectivity index (χ4n) is 2.68. The van der Waals surface area contributed by atoms with Gasteiger partial charge in [-0.15, -0.1) is 0 Å². The fraction of sp³-hybridized carbons (Fsp3) is 0.150. The molecule has 3 rings (SSSR count). The number of nitrogens with one attached hydrogen (secondary N) is 2. The molecule has 0 radical (unpaired) electrons.